The van der Waals surface area contributed by atoms with E-state index in [-0.39, 0.29) is 5.41 Å². The van der Waals surface area contributed by atoms with Gasteiger partial charge in [0.15, 0.2) is 0 Å². The molecule has 1 aliphatic carbocycles. The van der Waals surface area contributed by atoms with Crippen LogP contribution in [0.2, 0.25) is 0 Å². The average molecular weight is 694 g/mol. The third-order valence-electron chi connectivity index (χ3n) is 11.6. The maximum atomic E-state index is 2.43. The van der Waals surface area contributed by atoms with Gasteiger partial charge in [-0.1, -0.05) is 141 Å². The molecule has 0 radical (unpaired) electrons. The summed E-state index contributed by atoms with van der Waals surface area (Å²) in [5.41, 5.74) is 11.3. The molecule has 0 saturated heterocycles. The van der Waals surface area contributed by atoms with Crippen molar-refractivity contribution in [1.29, 1.82) is 0 Å². The Balaban J connectivity index is 1.05. The summed E-state index contributed by atoms with van der Waals surface area (Å²) < 4.78 is 2.62. The zero-order chi connectivity index (χ0) is 35.3. The summed E-state index contributed by atoms with van der Waals surface area (Å²) >= 11 is 1.87. The van der Waals surface area contributed by atoms with Crippen LogP contribution >= 0.6 is 11.3 Å². The Hall–Kier alpha value is -6.22. The van der Waals surface area contributed by atoms with Crippen LogP contribution in [0.25, 0.3) is 74.7 Å². The minimum absolute atomic E-state index is 0.0365. The van der Waals surface area contributed by atoms with Gasteiger partial charge in [0.05, 0.1) is 0 Å². The van der Waals surface area contributed by atoms with Crippen molar-refractivity contribution in [2.24, 2.45) is 0 Å². The van der Waals surface area contributed by atoms with Gasteiger partial charge in [0.1, 0.15) is 0 Å². The van der Waals surface area contributed by atoms with Crippen molar-refractivity contribution in [1.82, 2.24) is 0 Å². The molecule has 9 aromatic carbocycles. The van der Waals surface area contributed by atoms with Crippen molar-refractivity contribution in [3.05, 3.63) is 187 Å². The van der Waals surface area contributed by atoms with Crippen LogP contribution in [-0.2, 0) is 5.41 Å². The van der Waals surface area contributed by atoms with Gasteiger partial charge in [0, 0.05) is 42.6 Å². The van der Waals surface area contributed by atoms with Crippen molar-refractivity contribution in [3.8, 4) is 22.3 Å². The van der Waals surface area contributed by atoms with Crippen LogP contribution in [0.4, 0.5) is 17.1 Å². The van der Waals surface area contributed by atoms with Gasteiger partial charge in [0.25, 0.3) is 0 Å². The van der Waals surface area contributed by atoms with Crippen LogP contribution < -0.4 is 4.90 Å². The molecule has 11 rings (SSSR count). The quantitative estimate of drug-likeness (QED) is 0.166. The van der Waals surface area contributed by atoms with Gasteiger partial charge in [0.2, 0.25) is 0 Å². The van der Waals surface area contributed by atoms with Crippen LogP contribution in [0.3, 0.4) is 0 Å². The molecule has 10 aromatic rings. The molecule has 1 heterocycles. The number of thiophene rings is 1. The number of benzene rings is 9. The van der Waals surface area contributed by atoms with Crippen molar-refractivity contribution in [3.63, 3.8) is 0 Å². The molecule has 0 fully saturated rings. The number of hydrogen-bond acceptors (Lipinski definition) is 2. The first kappa shape index (κ1) is 30.4. The van der Waals surface area contributed by atoms with Gasteiger partial charge in [-0.05, 0) is 114 Å². The van der Waals surface area contributed by atoms with Gasteiger partial charge in [-0.3, -0.25) is 0 Å². The minimum atomic E-state index is -0.0365. The Morgan fingerprint density at radius 1 is 0.377 bits per heavy atom. The predicted octanol–water partition coefficient (Wildman–Crippen LogP) is 15.0. The van der Waals surface area contributed by atoms with E-state index in [0.717, 1.165) is 17.1 Å². The molecule has 0 saturated carbocycles. The summed E-state index contributed by atoms with van der Waals surface area (Å²) in [4.78, 5) is 2.43. The van der Waals surface area contributed by atoms with Crippen molar-refractivity contribution >= 4 is 80.9 Å². The lowest BCUT2D eigenvalue weighted by molar-refractivity contribution is 0.660. The highest BCUT2D eigenvalue weighted by molar-refractivity contribution is 7.25. The molecule has 250 valence electrons. The molecular weight excluding hydrogens is 659 g/mol. The van der Waals surface area contributed by atoms with Crippen molar-refractivity contribution in [2.45, 2.75) is 19.3 Å². The average Bonchev–Trinajstić information content (AvgIpc) is 3.69. The second-order valence-corrected chi connectivity index (χ2v) is 16.0. The van der Waals surface area contributed by atoms with E-state index < -0.39 is 0 Å². The van der Waals surface area contributed by atoms with Crippen molar-refractivity contribution in [2.75, 3.05) is 4.90 Å². The molecule has 0 amide bonds. The summed E-state index contributed by atoms with van der Waals surface area (Å²) in [5, 5.41) is 10.4. The van der Waals surface area contributed by atoms with E-state index in [1.807, 2.05) is 11.3 Å². The molecule has 1 aromatic heterocycles. The second-order valence-electron chi connectivity index (χ2n) is 14.9. The minimum Gasteiger partial charge on any atom is -0.310 e. The lowest BCUT2D eigenvalue weighted by atomic mass is 9.82. The van der Waals surface area contributed by atoms with Gasteiger partial charge in [-0.25, -0.2) is 0 Å². The first-order valence-electron chi connectivity index (χ1n) is 18.4. The molecule has 1 nitrogen and oxygen atoms in total. The topological polar surface area (TPSA) is 3.24 Å². The fourth-order valence-corrected chi connectivity index (χ4v) is 10.1. The molecule has 0 unspecified atom stereocenters. The molecule has 0 atom stereocenters. The highest BCUT2D eigenvalue weighted by Gasteiger charge is 2.35. The molecule has 0 bridgehead atoms. The summed E-state index contributed by atoms with van der Waals surface area (Å²) in [5.74, 6) is 0. The largest absolute Gasteiger partial charge is 0.310 e. The normalized spacial score (nSPS) is 13.2. The predicted molar refractivity (Wildman–Crippen MR) is 230 cm³/mol. The molecule has 1 aliphatic rings. The monoisotopic (exact) mass is 693 g/mol. The summed E-state index contributed by atoms with van der Waals surface area (Å²) in [6.07, 6.45) is 0. The Labute approximate surface area is 313 Å². The highest BCUT2D eigenvalue weighted by Crippen LogP contribution is 2.51. The van der Waals surface area contributed by atoms with Crippen LogP contribution in [0.1, 0.15) is 25.0 Å². The molecule has 53 heavy (non-hydrogen) atoms. The van der Waals surface area contributed by atoms with E-state index in [2.05, 4.69) is 195 Å². The van der Waals surface area contributed by atoms with E-state index >= 15 is 0 Å². The summed E-state index contributed by atoms with van der Waals surface area (Å²) in [6.45, 7) is 4.70. The van der Waals surface area contributed by atoms with Crippen LogP contribution in [-0.4, -0.2) is 0 Å². The van der Waals surface area contributed by atoms with E-state index in [1.54, 1.807) is 0 Å². The van der Waals surface area contributed by atoms with E-state index in [4.69, 9.17) is 0 Å². The first-order valence-corrected chi connectivity index (χ1v) is 19.2. The third kappa shape index (κ3) is 4.62. The number of nitrogens with zero attached hydrogens (tertiary/aromatic N) is 1. The Morgan fingerprint density at radius 2 is 0.962 bits per heavy atom. The number of rotatable bonds is 4. The zero-order valence-electron chi connectivity index (χ0n) is 29.6. The van der Waals surface area contributed by atoms with Gasteiger partial charge in [-0.2, -0.15) is 0 Å². The molecule has 2 heteroatoms. The number of fused-ring (bicyclic) bond motifs is 11. The number of hydrogen-bond donors (Lipinski definition) is 0. The van der Waals surface area contributed by atoms with Crippen LogP contribution in [0.5, 0.6) is 0 Å². The Bertz CT molecular complexity index is 3090. The zero-order valence-corrected chi connectivity index (χ0v) is 30.4. The maximum absolute atomic E-state index is 2.43. The summed E-state index contributed by atoms with van der Waals surface area (Å²) in [6, 6.07) is 65.5. The van der Waals surface area contributed by atoms with Crippen LogP contribution in [0, 0.1) is 0 Å². The lowest BCUT2D eigenvalue weighted by Gasteiger charge is -2.27. The van der Waals surface area contributed by atoms with Gasteiger partial charge < -0.3 is 4.90 Å². The van der Waals surface area contributed by atoms with Gasteiger partial charge in [-0.15, -0.1) is 11.3 Å². The second kappa shape index (κ2) is 11.4. The lowest BCUT2D eigenvalue weighted by Crippen LogP contribution is -2.15. The SMILES string of the molecule is CC1(C)c2ccccc2-c2cc(N(c3ccc(-c4ccc5ccc6c7ccccc7ccc6c5c4)cc3)c3ccc4c(c3)sc3ccccc34)ccc21. The fourth-order valence-electron chi connectivity index (χ4n) is 8.95. The smallest absolute Gasteiger partial charge is 0.0476 e. The van der Waals surface area contributed by atoms with E-state index in [0.29, 0.717) is 0 Å². The first-order chi connectivity index (χ1) is 26.0. The van der Waals surface area contributed by atoms with Crippen molar-refractivity contribution < 1.29 is 0 Å². The molecular formula is C51H35NS. The van der Waals surface area contributed by atoms with E-state index in [9.17, 15) is 0 Å². The molecule has 0 N–H and O–H groups in total. The number of anilines is 3. The Morgan fingerprint density at radius 3 is 1.83 bits per heavy atom. The Kier molecular flexibility index (Phi) is 6.53. The molecule has 0 aliphatic heterocycles. The van der Waals surface area contributed by atoms with E-state index in [1.165, 1.54) is 85.9 Å². The fraction of sp³-hybridized carbons (Fsp3) is 0.0588. The maximum Gasteiger partial charge on any atom is 0.0476 e. The third-order valence-corrected chi connectivity index (χ3v) is 12.8. The standard InChI is InChI=1S/C51H35NS/c1-51(2)47-13-7-5-11-42(47)46-30-37(24-28-48(46)51)52(38-23-27-44-43-12-6-8-14-49(43)53-50(44)31-38)36-21-17-32(18-22-36)35-16-15-34-20-25-40-39-10-4-3-9-33(39)19-26-41(40)45(34)29-35/h3-31H,1-2H3. The molecule has 0 spiro atoms. The summed E-state index contributed by atoms with van der Waals surface area (Å²) in [7, 11) is 0. The van der Waals surface area contributed by atoms with Gasteiger partial charge >= 0.3 is 0 Å². The highest BCUT2D eigenvalue weighted by atomic mass is 32.1. The van der Waals surface area contributed by atoms with Crippen LogP contribution in [0.15, 0.2) is 176 Å².